The molecular weight excluding hydrogens is 335 g/mol. The fourth-order valence-electron chi connectivity index (χ4n) is 2.25. The summed E-state index contributed by atoms with van der Waals surface area (Å²) in [6.45, 7) is 0. The number of aliphatic hydroxyl groups is 1. The Labute approximate surface area is 142 Å². The molecule has 0 fully saturated rings. The lowest BCUT2D eigenvalue weighted by molar-refractivity contribution is -0.124. The predicted molar refractivity (Wildman–Crippen MR) is 91.8 cm³/mol. The lowest BCUT2D eigenvalue weighted by Gasteiger charge is -2.13. The number of anilines is 1. The number of fused-ring (bicyclic) bond motifs is 1. The first-order valence-electron chi connectivity index (χ1n) is 6.83. The minimum absolute atomic E-state index is 0.280. The summed E-state index contributed by atoms with van der Waals surface area (Å²) < 4.78 is 0. The van der Waals surface area contributed by atoms with Crippen molar-refractivity contribution in [3.05, 3.63) is 70.5 Å². The van der Waals surface area contributed by atoms with E-state index >= 15 is 0 Å². The highest BCUT2D eigenvalue weighted by molar-refractivity contribution is 6.42. The van der Waals surface area contributed by atoms with Gasteiger partial charge in [0.15, 0.2) is 6.10 Å². The maximum atomic E-state index is 12.3. The van der Waals surface area contributed by atoms with Crippen molar-refractivity contribution in [2.45, 2.75) is 6.10 Å². The molecule has 3 aromatic rings. The molecule has 2 aromatic carbocycles. The lowest BCUT2D eigenvalue weighted by Crippen LogP contribution is -2.21. The van der Waals surface area contributed by atoms with Crippen molar-refractivity contribution in [2.75, 3.05) is 5.32 Å². The van der Waals surface area contributed by atoms with Gasteiger partial charge < -0.3 is 10.4 Å². The topological polar surface area (TPSA) is 62.2 Å². The van der Waals surface area contributed by atoms with E-state index < -0.39 is 12.0 Å². The van der Waals surface area contributed by atoms with Crippen LogP contribution in [0, 0.1) is 0 Å². The monoisotopic (exact) mass is 346 g/mol. The maximum absolute atomic E-state index is 12.3. The number of aliphatic hydroxyl groups excluding tert-OH is 1. The van der Waals surface area contributed by atoms with Crippen molar-refractivity contribution in [3.8, 4) is 0 Å². The van der Waals surface area contributed by atoms with Gasteiger partial charge in [-0.1, -0.05) is 53.5 Å². The number of rotatable bonds is 3. The molecule has 1 heterocycles. The summed E-state index contributed by atoms with van der Waals surface area (Å²) in [6.07, 6.45) is 1.89. The Bertz CT molecular complexity index is 878. The molecule has 0 bridgehead atoms. The predicted octanol–water partition coefficient (Wildman–Crippen LogP) is 4.21. The largest absolute Gasteiger partial charge is 0.378 e. The molecule has 0 radical (unpaired) electrons. The summed E-state index contributed by atoms with van der Waals surface area (Å²) in [5.74, 6) is -0.568. The van der Waals surface area contributed by atoms with E-state index in [0.29, 0.717) is 16.3 Å². The third kappa shape index (κ3) is 3.29. The molecular formula is C17H12Cl2N2O2. The second-order valence-corrected chi connectivity index (χ2v) is 5.79. The first-order chi connectivity index (χ1) is 11.1. The number of benzene rings is 2. The molecule has 0 saturated heterocycles. The van der Waals surface area contributed by atoms with Crippen molar-refractivity contribution in [1.29, 1.82) is 0 Å². The van der Waals surface area contributed by atoms with E-state index in [-0.39, 0.29) is 5.02 Å². The summed E-state index contributed by atoms with van der Waals surface area (Å²) in [4.78, 5) is 16.4. The third-order valence-corrected chi connectivity index (χ3v) is 4.17. The Balaban J connectivity index is 1.86. The van der Waals surface area contributed by atoms with Crippen molar-refractivity contribution >= 4 is 45.6 Å². The Hall–Kier alpha value is -2.14. The average molecular weight is 347 g/mol. The van der Waals surface area contributed by atoms with Gasteiger partial charge in [0.1, 0.15) is 0 Å². The molecule has 0 aliphatic carbocycles. The highest BCUT2D eigenvalue weighted by Crippen LogP contribution is 2.27. The van der Waals surface area contributed by atoms with Crippen molar-refractivity contribution in [2.24, 2.45) is 0 Å². The molecule has 3 rings (SSSR count). The summed E-state index contributed by atoms with van der Waals surface area (Å²) in [5, 5.41) is 15.3. The second kappa shape index (κ2) is 6.54. The number of carbonyl (C=O) groups is 1. The summed E-state index contributed by atoms with van der Waals surface area (Å²) >= 11 is 11.8. The van der Waals surface area contributed by atoms with Crippen molar-refractivity contribution in [1.82, 2.24) is 4.98 Å². The molecule has 6 heteroatoms. The third-order valence-electron chi connectivity index (χ3n) is 3.43. The van der Waals surface area contributed by atoms with E-state index in [9.17, 15) is 9.90 Å². The minimum Gasteiger partial charge on any atom is -0.378 e. The van der Waals surface area contributed by atoms with Crippen LogP contribution in [0.25, 0.3) is 10.8 Å². The maximum Gasteiger partial charge on any atom is 0.257 e. The number of nitrogens with one attached hydrogen (secondary N) is 1. The number of aromatic nitrogens is 1. The van der Waals surface area contributed by atoms with Gasteiger partial charge in [-0.15, -0.1) is 0 Å². The van der Waals surface area contributed by atoms with Gasteiger partial charge in [-0.3, -0.25) is 9.78 Å². The van der Waals surface area contributed by atoms with Crippen LogP contribution >= 0.6 is 23.2 Å². The average Bonchev–Trinajstić information content (AvgIpc) is 2.57. The van der Waals surface area contributed by atoms with Crippen LogP contribution in [0.15, 0.2) is 54.9 Å². The van der Waals surface area contributed by atoms with Gasteiger partial charge >= 0.3 is 0 Å². The molecule has 2 N–H and O–H groups in total. The van der Waals surface area contributed by atoms with Gasteiger partial charge in [-0.25, -0.2) is 0 Å². The zero-order valence-electron chi connectivity index (χ0n) is 11.8. The van der Waals surface area contributed by atoms with Crippen LogP contribution in [-0.2, 0) is 4.79 Å². The summed E-state index contributed by atoms with van der Waals surface area (Å²) in [6, 6.07) is 12.1. The molecule has 1 amide bonds. The van der Waals surface area contributed by atoms with Crippen molar-refractivity contribution in [3.63, 3.8) is 0 Å². The first kappa shape index (κ1) is 15.7. The Morgan fingerprint density at radius 2 is 1.87 bits per heavy atom. The van der Waals surface area contributed by atoms with Crippen LogP contribution < -0.4 is 5.32 Å². The van der Waals surface area contributed by atoms with E-state index in [1.54, 1.807) is 18.5 Å². The zero-order valence-corrected chi connectivity index (χ0v) is 13.3. The Kier molecular flexibility index (Phi) is 4.48. The molecule has 1 aromatic heterocycles. The second-order valence-electron chi connectivity index (χ2n) is 4.97. The first-order valence-corrected chi connectivity index (χ1v) is 7.58. The fraction of sp³-hybridized carbons (Fsp3) is 0.0588. The van der Waals surface area contributed by atoms with Crippen LogP contribution in [0.4, 0.5) is 5.69 Å². The van der Waals surface area contributed by atoms with Crippen LogP contribution in [-0.4, -0.2) is 16.0 Å². The quantitative estimate of drug-likeness (QED) is 0.746. The number of carbonyl (C=O) groups excluding carboxylic acids is 1. The molecule has 23 heavy (non-hydrogen) atoms. The number of amides is 1. The smallest absolute Gasteiger partial charge is 0.257 e. The minimum atomic E-state index is -1.36. The molecule has 0 saturated carbocycles. The number of hydrogen-bond acceptors (Lipinski definition) is 3. The lowest BCUT2D eigenvalue weighted by atomic mass is 10.1. The molecule has 116 valence electrons. The standard InChI is InChI=1S/C17H12Cl2N2O2/c18-13-6-5-10(7-14(13)19)16(22)17(23)21-15-9-20-8-11-3-1-2-4-12(11)15/h1-9,16,22H,(H,21,23). The van der Waals surface area contributed by atoms with Gasteiger partial charge in [0.25, 0.3) is 5.91 Å². The summed E-state index contributed by atoms with van der Waals surface area (Å²) in [5.41, 5.74) is 0.900. The van der Waals surface area contributed by atoms with Crippen molar-refractivity contribution < 1.29 is 9.90 Å². The number of nitrogens with zero attached hydrogens (tertiary/aromatic N) is 1. The van der Waals surface area contributed by atoms with E-state index in [0.717, 1.165) is 10.8 Å². The van der Waals surface area contributed by atoms with Gasteiger partial charge in [0.05, 0.1) is 21.9 Å². The highest BCUT2D eigenvalue weighted by atomic mass is 35.5. The summed E-state index contributed by atoms with van der Waals surface area (Å²) in [7, 11) is 0. The molecule has 0 aliphatic heterocycles. The number of hydrogen-bond donors (Lipinski definition) is 2. The Morgan fingerprint density at radius 1 is 1.09 bits per heavy atom. The van der Waals surface area contributed by atoms with Crippen LogP contribution in [0.5, 0.6) is 0 Å². The fourth-order valence-corrected chi connectivity index (χ4v) is 2.56. The normalized spacial score (nSPS) is 12.1. The molecule has 0 spiro atoms. The molecule has 1 atom stereocenters. The van der Waals surface area contributed by atoms with E-state index in [1.807, 2.05) is 24.3 Å². The van der Waals surface area contributed by atoms with Gasteiger partial charge in [0, 0.05) is 17.0 Å². The Morgan fingerprint density at radius 3 is 2.65 bits per heavy atom. The van der Waals surface area contributed by atoms with Crippen LogP contribution in [0.1, 0.15) is 11.7 Å². The van der Waals surface area contributed by atoms with E-state index in [2.05, 4.69) is 10.3 Å². The number of halogens is 2. The van der Waals surface area contributed by atoms with Crippen LogP contribution in [0.2, 0.25) is 10.0 Å². The van der Waals surface area contributed by atoms with E-state index in [1.165, 1.54) is 12.1 Å². The van der Waals surface area contributed by atoms with Crippen LogP contribution in [0.3, 0.4) is 0 Å². The molecule has 1 unspecified atom stereocenters. The van der Waals surface area contributed by atoms with Gasteiger partial charge in [-0.05, 0) is 17.7 Å². The molecule has 4 nitrogen and oxygen atoms in total. The highest BCUT2D eigenvalue weighted by Gasteiger charge is 2.19. The number of pyridine rings is 1. The zero-order chi connectivity index (χ0) is 16.4. The van der Waals surface area contributed by atoms with Gasteiger partial charge in [0.2, 0.25) is 0 Å². The molecule has 0 aliphatic rings. The SMILES string of the molecule is O=C(Nc1cncc2ccccc12)C(O)c1ccc(Cl)c(Cl)c1. The van der Waals surface area contributed by atoms with Gasteiger partial charge in [-0.2, -0.15) is 0 Å². The van der Waals surface area contributed by atoms with E-state index in [4.69, 9.17) is 23.2 Å².